The summed E-state index contributed by atoms with van der Waals surface area (Å²) in [5.41, 5.74) is 8.61. The van der Waals surface area contributed by atoms with Crippen LogP contribution in [0.15, 0.2) is 36.5 Å². The van der Waals surface area contributed by atoms with Crippen molar-refractivity contribution >= 4 is 51.2 Å². The van der Waals surface area contributed by atoms with Crippen molar-refractivity contribution in [3.63, 3.8) is 0 Å². The number of nitrogen functional groups attached to an aromatic ring is 1. The summed E-state index contributed by atoms with van der Waals surface area (Å²) >= 11 is 12.3. The molecule has 0 atom stereocenters. The van der Waals surface area contributed by atoms with Crippen molar-refractivity contribution in [3.8, 4) is 11.8 Å². The number of methoxy groups -OCH3 is 1. The monoisotopic (exact) mass is 358 g/mol. The predicted molar refractivity (Wildman–Crippen MR) is 97.2 cm³/mol. The standard InChI is InChI=1S/C17H12Cl2N4O/c1-24-16-6-15(12(18)5-13(16)19)23-17-9(7-20)8-22-14-4-10(21)2-3-11(14)17/h2-6,8H,21H2,1H3,(H,22,23). The zero-order valence-electron chi connectivity index (χ0n) is 12.6. The summed E-state index contributed by atoms with van der Waals surface area (Å²) in [5.74, 6) is 0.477. The summed E-state index contributed by atoms with van der Waals surface area (Å²) in [6, 6.07) is 10.7. The molecule has 24 heavy (non-hydrogen) atoms. The summed E-state index contributed by atoms with van der Waals surface area (Å²) in [4.78, 5) is 4.26. The molecule has 1 aromatic heterocycles. The van der Waals surface area contributed by atoms with Gasteiger partial charge in [0.05, 0.1) is 39.6 Å². The first-order chi connectivity index (χ1) is 11.5. The molecule has 0 aliphatic carbocycles. The Hall–Kier alpha value is -2.68. The number of ether oxygens (including phenoxy) is 1. The third-order valence-corrected chi connectivity index (χ3v) is 4.12. The minimum absolute atomic E-state index is 0.386. The van der Waals surface area contributed by atoms with E-state index in [4.69, 9.17) is 33.7 Å². The summed E-state index contributed by atoms with van der Waals surface area (Å²) < 4.78 is 5.21. The smallest absolute Gasteiger partial charge is 0.139 e. The first kappa shape index (κ1) is 16.2. The molecule has 0 saturated heterocycles. The number of halogens is 2. The number of nitrogens with zero attached hydrogens (tertiary/aromatic N) is 2. The van der Waals surface area contributed by atoms with Crippen LogP contribution in [0.4, 0.5) is 17.1 Å². The largest absolute Gasteiger partial charge is 0.495 e. The van der Waals surface area contributed by atoms with Gasteiger partial charge in [-0.2, -0.15) is 5.26 Å². The van der Waals surface area contributed by atoms with Crippen molar-refractivity contribution < 1.29 is 4.74 Å². The van der Waals surface area contributed by atoms with Gasteiger partial charge in [0.25, 0.3) is 0 Å². The highest BCUT2D eigenvalue weighted by Gasteiger charge is 2.13. The second-order valence-electron chi connectivity index (χ2n) is 5.03. The van der Waals surface area contributed by atoms with Gasteiger partial charge in [-0.15, -0.1) is 0 Å². The molecule has 1 heterocycles. The number of anilines is 3. The van der Waals surface area contributed by atoms with Crippen molar-refractivity contribution in [2.75, 3.05) is 18.2 Å². The maximum atomic E-state index is 9.39. The average Bonchev–Trinajstić information content (AvgIpc) is 2.57. The molecule has 120 valence electrons. The Labute approximate surface area is 148 Å². The van der Waals surface area contributed by atoms with E-state index in [0.29, 0.717) is 43.9 Å². The molecule has 0 radical (unpaired) electrons. The minimum atomic E-state index is 0.386. The van der Waals surface area contributed by atoms with Gasteiger partial charge in [-0.25, -0.2) is 0 Å². The highest BCUT2D eigenvalue weighted by molar-refractivity contribution is 6.37. The van der Waals surface area contributed by atoms with Crippen LogP contribution in [0.2, 0.25) is 10.0 Å². The van der Waals surface area contributed by atoms with Gasteiger partial charge in [-0.05, 0) is 24.3 Å². The van der Waals surface area contributed by atoms with Crippen LogP contribution in [0, 0.1) is 11.3 Å². The SMILES string of the molecule is COc1cc(Nc2c(C#N)cnc3cc(N)ccc23)c(Cl)cc1Cl. The lowest BCUT2D eigenvalue weighted by Crippen LogP contribution is -1.99. The van der Waals surface area contributed by atoms with Gasteiger partial charge in [-0.1, -0.05) is 23.2 Å². The molecule has 3 rings (SSSR count). The Morgan fingerprint density at radius 3 is 2.71 bits per heavy atom. The molecule has 5 nitrogen and oxygen atoms in total. The van der Waals surface area contributed by atoms with Crippen molar-refractivity contribution in [2.24, 2.45) is 0 Å². The van der Waals surface area contributed by atoms with E-state index >= 15 is 0 Å². The number of pyridine rings is 1. The van der Waals surface area contributed by atoms with E-state index in [1.165, 1.54) is 13.3 Å². The number of hydrogen-bond acceptors (Lipinski definition) is 5. The summed E-state index contributed by atoms with van der Waals surface area (Å²) in [6.07, 6.45) is 1.49. The zero-order chi connectivity index (χ0) is 17.3. The van der Waals surface area contributed by atoms with E-state index in [1.54, 1.807) is 24.3 Å². The van der Waals surface area contributed by atoms with Crippen LogP contribution in [0.1, 0.15) is 5.56 Å². The second kappa shape index (κ2) is 6.44. The number of nitriles is 1. The molecule has 7 heteroatoms. The van der Waals surface area contributed by atoms with Gasteiger partial charge in [0.2, 0.25) is 0 Å². The quantitative estimate of drug-likeness (QED) is 0.660. The third-order valence-electron chi connectivity index (χ3n) is 3.51. The van der Waals surface area contributed by atoms with Crippen molar-refractivity contribution in [1.82, 2.24) is 4.98 Å². The fraction of sp³-hybridized carbons (Fsp3) is 0.0588. The number of hydrogen-bond donors (Lipinski definition) is 2. The maximum Gasteiger partial charge on any atom is 0.139 e. The lowest BCUT2D eigenvalue weighted by molar-refractivity contribution is 0.415. The first-order valence-corrected chi connectivity index (χ1v) is 7.67. The van der Waals surface area contributed by atoms with Gasteiger partial charge < -0.3 is 15.8 Å². The number of fused-ring (bicyclic) bond motifs is 1. The molecular formula is C17H12Cl2N4O. The molecule has 0 amide bonds. The topological polar surface area (TPSA) is 84.0 Å². The molecule has 0 aliphatic heterocycles. The Kier molecular flexibility index (Phi) is 4.34. The lowest BCUT2D eigenvalue weighted by Gasteiger charge is -2.14. The molecule has 0 spiro atoms. The Bertz CT molecular complexity index is 982. The average molecular weight is 359 g/mol. The van der Waals surface area contributed by atoms with Gasteiger partial charge in [0.1, 0.15) is 11.8 Å². The Balaban J connectivity index is 2.18. The number of aromatic nitrogens is 1. The lowest BCUT2D eigenvalue weighted by atomic mass is 10.1. The normalized spacial score (nSPS) is 10.4. The highest BCUT2D eigenvalue weighted by atomic mass is 35.5. The maximum absolute atomic E-state index is 9.39. The van der Waals surface area contributed by atoms with E-state index in [2.05, 4.69) is 16.4 Å². The molecule has 0 fully saturated rings. The molecule has 0 bridgehead atoms. The fourth-order valence-corrected chi connectivity index (χ4v) is 2.85. The van der Waals surface area contributed by atoms with Gasteiger partial charge in [0.15, 0.2) is 0 Å². The summed E-state index contributed by atoms with van der Waals surface area (Å²) in [7, 11) is 1.52. The molecule has 0 unspecified atom stereocenters. The zero-order valence-corrected chi connectivity index (χ0v) is 14.1. The minimum Gasteiger partial charge on any atom is -0.495 e. The van der Waals surface area contributed by atoms with Crippen molar-refractivity contribution in [1.29, 1.82) is 5.26 Å². The van der Waals surface area contributed by atoms with E-state index in [0.717, 1.165) is 5.39 Å². The van der Waals surface area contributed by atoms with Crippen LogP contribution >= 0.6 is 23.2 Å². The van der Waals surface area contributed by atoms with E-state index in [1.807, 2.05) is 6.07 Å². The number of nitrogens with one attached hydrogen (secondary N) is 1. The number of benzene rings is 2. The first-order valence-electron chi connectivity index (χ1n) is 6.92. The molecule has 0 aliphatic rings. The van der Waals surface area contributed by atoms with Crippen LogP contribution in [-0.2, 0) is 0 Å². The fourth-order valence-electron chi connectivity index (χ4n) is 2.35. The Morgan fingerprint density at radius 2 is 2.00 bits per heavy atom. The van der Waals surface area contributed by atoms with Gasteiger partial charge in [-0.3, -0.25) is 4.98 Å². The summed E-state index contributed by atoms with van der Waals surface area (Å²) in [6.45, 7) is 0. The molecule has 3 N–H and O–H groups in total. The van der Waals surface area contributed by atoms with Crippen LogP contribution in [0.5, 0.6) is 5.75 Å². The molecular weight excluding hydrogens is 347 g/mol. The summed E-state index contributed by atoms with van der Waals surface area (Å²) in [5, 5.41) is 14.1. The van der Waals surface area contributed by atoms with Gasteiger partial charge >= 0.3 is 0 Å². The van der Waals surface area contributed by atoms with E-state index < -0.39 is 0 Å². The molecule has 0 saturated carbocycles. The number of rotatable bonds is 3. The van der Waals surface area contributed by atoms with Gasteiger partial charge in [0, 0.05) is 23.3 Å². The predicted octanol–water partition coefficient (Wildman–Crippen LogP) is 4.75. The van der Waals surface area contributed by atoms with Crippen molar-refractivity contribution in [3.05, 3.63) is 52.1 Å². The highest BCUT2D eigenvalue weighted by Crippen LogP contribution is 2.37. The third kappa shape index (κ3) is 2.90. The van der Waals surface area contributed by atoms with Crippen LogP contribution < -0.4 is 15.8 Å². The Morgan fingerprint density at radius 1 is 1.21 bits per heavy atom. The van der Waals surface area contributed by atoms with E-state index in [9.17, 15) is 5.26 Å². The van der Waals surface area contributed by atoms with Crippen LogP contribution in [0.3, 0.4) is 0 Å². The van der Waals surface area contributed by atoms with Crippen LogP contribution in [-0.4, -0.2) is 12.1 Å². The number of nitrogens with two attached hydrogens (primary N) is 1. The second-order valence-corrected chi connectivity index (χ2v) is 5.84. The molecule has 2 aromatic carbocycles. The van der Waals surface area contributed by atoms with E-state index in [-0.39, 0.29) is 0 Å². The van der Waals surface area contributed by atoms with Crippen LogP contribution in [0.25, 0.3) is 10.9 Å². The molecule has 3 aromatic rings. The van der Waals surface area contributed by atoms with Crippen molar-refractivity contribution in [2.45, 2.75) is 0 Å².